The van der Waals surface area contributed by atoms with Gasteiger partial charge in [-0.25, -0.2) is 0 Å². The lowest BCUT2D eigenvalue weighted by atomic mass is 9.78. The van der Waals surface area contributed by atoms with Crippen molar-refractivity contribution < 1.29 is 19.7 Å². The van der Waals surface area contributed by atoms with Crippen molar-refractivity contribution >= 4 is 44.7 Å². The van der Waals surface area contributed by atoms with Crippen molar-refractivity contribution in [1.29, 1.82) is 0 Å². The summed E-state index contributed by atoms with van der Waals surface area (Å²) in [5.41, 5.74) is 3.97. The van der Waals surface area contributed by atoms with E-state index in [1.165, 1.54) is 5.57 Å². The molecule has 1 aromatic heterocycles. The molecule has 7 nitrogen and oxygen atoms in total. The molecule has 0 bridgehead atoms. The largest absolute Gasteiger partial charge is 0.508 e. The smallest absolute Gasteiger partial charge is 0.317 e. The lowest BCUT2D eigenvalue weighted by molar-refractivity contribution is 0.0828. The molecule has 0 spiro atoms. The Morgan fingerprint density at radius 1 is 1.14 bits per heavy atom. The van der Waals surface area contributed by atoms with Crippen LogP contribution in [0.3, 0.4) is 0 Å². The molecule has 1 saturated carbocycles. The number of hydrogen-bond donors (Lipinski definition) is 2. The highest BCUT2D eigenvalue weighted by Crippen LogP contribution is 2.47. The SMILES string of the molecule is CN(C)CC1(COc2nc3c(c(/C4=C\CCCCC(CO)CC4)n2)C[C@@](C)(C(=O)c2cc(O)cc4cccc(I)c24)C3)CC1. The monoisotopic (exact) mass is 709 g/mol. The first kappa shape index (κ1) is 31.4. The van der Waals surface area contributed by atoms with Gasteiger partial charge in [-0.1, -0.05) is 31.6 Å². The number of benzene rings is 2. The zero-order valence-electron chi connectivity index (χ0n) is 26.2. The van der Waals surface area contributed by atoms with Gasteiger partial charge in [0.2, 0.25) is 0 Å². The Bertz CT molecular complexity index is 1600. The molecule has 0 aliphatic heterocycles. The maximum atomic E-state index is 14.5. The van der Waals surface area contributed by atoms with Crippen molar-refractivity contribution in [2.75, 3.05) is 33.9 Å². The Morgan fingerprint density at radius 2 is 1.95 bits per heavy atom. The Hall–Kier alpha value is -2.56. The molecule has 0 saturated heterocycles. The van der Waals surface area contributed by atoms with E-state index in [9.17, 15) is 15.0 Å². The van der Waals surface area contributed by atoms with Gasteiger partial charge in [-0.3, -0.25) is 4.79 Å². The first-order valence-corrected chi connectivity index (χ1v) is 17.1. The zero-order valence-corrected chi connectivity index (χ0v) is 28.3. The molecule has 2 N–H and O–H groups in total. The number of carbonyl (C=O) groups is 1. The van der Waals surface area contributed by atoms with Crippen molar-refractivity contribution in [3.05, 3.63) is 62.5 Å². The molecule has 3 aromatic rings. The van der Waals surface area contributed by atoms with Crippen LogP contribution in [0.25, 0.3) is 16.3 Å². The molecule has 3 aliphatic rings. The number of ether oxygens (including phenoxy) is 1. The molecule has 1 fully saturated rings. The first-order valence-electron chi connectivity index (χ1n) is 16.0. The lowest BCUT2D eigenvalue weighted by Gasteiger charge is -2.23. The number of allylic oxidation sites excluding steroid dienone is 2. The summed E-state index contributed by atoms with van der Waals surface area (Å²) in [6.45, 7) is 3.80. The van der Waals surface area contributed by atoms with E-state index >= 15 is 0 Å². The van der Waals surface area contributed by atoms with Gasteiger partial charge in [0.05, 0.1) is 18.0 Å². The van der Waals surface area contributed by atoms with Crippen LogP contribution in [-0.4, -0.2) is 64.7 Å². The summed E-state index contributed by atoms with van der Waals surface area (Å²) in [4.78, 5) is 26.7. The molecule has 6 rings (SSSR count). The number of hydrogen-bond acceptors (Lipinski definition) is 7. The summed E-state index contributed by atoms with van der Waals surface area (Å²) >= 11 is 2.28. The van der Waals surface area contributed by atoms with Crippen molar-refractivity contribution in [2.24, 2.45) is 16.7 Å². The fourth-order valence-electron chi connectivity index (χ4n) is 7.29. The van der Waals surface area contributed by atoms with Gasteiger partial charge in [0.15, 0.2) is 5.78 Å². The number of halogens is 1. The Labute approximate surface area is 274 Å². The van der Waals surface area contributed by atoms with E-state index in [-0.39, 0.29) is 29.5 Å². The fourth-order valence-corrected chi connectivity index (χ4v) is 8.10. The first-order chi connectivity index (χ1) is 21.1. The Kier molecular flexibility index (Phi) is 9.05. The molecule has 234 valence electrons. The van der Waals surface area contributed by atoms with E-state index in [4.69, 9.17) is 14.7 Å². The van der Waals surface area contributed by atoms with Crippen LogP contribution in [0.1, 0.15) is 85.6 Å². The number of rotatable bonds is 9. The third kappa shape index (κ3) is 6.53. The number of nitrogens with zero attached hydrogens (tertiary/aromatic N) is 3. The van der Waals surface area contributed by atoms with Gasteiger partial charge < -0.3 is 19.8 Å². The van der Waals surface area contributed by atoms with E-state index in [1.807, 2.05) is 25.1 Å². The minimum atomic E-state index is -0.737. The van der Waals surface area contributed by atoms with Crippen LogP contribution in [-0.2, 0) is 12.8 Å². The molecule has 2 atom stereocenters. The summed E-state index contributed by atoms with van der Waals surface area (Å²) in [6, 6.07) is 9.64. The van der Waals surface area contributed by atoms with Gasteiger partial charge in [0.25, 0.3) is 0 Å². The molecule has 1 unspecified atom stereocenters. The van der Waals surface area contributed by atoms with Crippen LogP contribution in [0, 0.1) is 20.3 Å². The number of ketones is 1. The van der Waals surface area contributed by atoms with Crippen LogP contribution in [0.5, 0.6) is 11.8 Å². The molecule has 3 aliphatic carbocycles. The van der Waals surface area contributed by atoms with Gasteiger partial charge >= 0.3 is 6.01 Å². The lowest BCUT2D eigenvalue weighted by Crippen LogP contribution is -2.29. The second-order valence-electron chi connectivity index (χ2n) is 14.0. The number of phenols is 1. The van der Waals surface area contributed by atoms with E-state index in [2.05, 4.69) is 47.7 Å². The summed E-state index contributed by atoms with van der Waals surface area (Å²) in [6.07, 6.45) is 11.6. The van der Waals surface area contributed by atoms with Gasteiger partial charge in [-0.15, -0.1) is 0 Å². The highest BCUT2D eigenvalue weighted by molar-refractivity contribution is 14.1. The standard InChI is InChI=1S/C36H44IN3O4/c1-35(33(43)27-17-26(42)16-25-10-7-11-29(37)31(25)27)18-28-30(19-35)38-34(44-22-36(14-15-36)21-40(2)3)39-32(28)24-9-6-4-5-8-23(20-41)12-13-24/h7,9-11,16-17,23,41-42H,4-6,8,12-15,18-22H2,1-3H3/b24-9-/t23?,35-/m1/s1. The number of aliphatic hydroxyl groups is 1. The zero-order chi connectivity index (χ0) is 31.1. The quantitative estimate of drug-likeness (QED) is 0.183. The summed E-state index contributed by atoms with van der Waals surface area (Å²) < 4.78 is 7.37. The summed E-state index contributed by atoms with van der Waals surface area (Å²) in [7, 11) is 4.20. The number of Topliss-reactive ketones (excluding diaryl/α,β-unsaturated/α-hetero) is 1. The van der Waals surface area contributed by atoms with Gasteiger partial charge in [-0.2, -0.15) is 9.97 Å². The van der Waals surface area contributed by atoms with E-state index in [0.717, 1.165) is 89.2 Å². The fraction of sp³-hybridized carbons (Fsp3) is 0.528. The number of phenolic OH excluding ortho intramolecular Hbond substituents is 1. The third-order valence-electron chi connectivity index (χ3n) is 9.86. The number of carbonyl (C=O) groups excluding carboxylic acids is 1. The van der Waals surface area contributed by atoms with Crippen LogP contribution < -0.4 is 4.74 Å². The van der Waals surface area contributed by atoms with Crippen molar-refractivity contribution in [1.82, 2.24) is 14.9 Å². The average Bonchev–Trinajstić information content (AvgIpc) is 3.61. The Morgan fingerprint density at radius 3 is 2.70 bits per heavy atom. The maximum absolute atomic E-state index is 14.5. The predicted molar refractivity (Wildman–Crippen MR) is 182 cm³/mol. The molecule has 1 heterocycles. The average molecular weight is 710 g/mol. The van der Waals surface area contributed by atoms with E-state index < -0.39 is 5.41 Å². The second kappa shape index (κ2) is 12.7. The van der Waals surface area contributed by atoms with E-state index in [1.54, 1.807) is 12.1 Å². The van der Waals surface area contributed by atoms with Crippen LogP contribution >= 0.6 is 22.6 Å². The second-order valence-corrected chi connectivity index (χ2v) is 15.1. The number of aromatic nitrogens is 2. The molecular formula is C36H44IN3O4. The van der Waals surface area contributed by atoms with Crippen LogP contribution in [0.15, 0.2) is 36.4 Å². The van der Waals surface area contributed by atoms with Gasteiger partial charge in [0.1, 0.15) is 5.75 Å². The van der Waals surface area contributed by atoms with Crippen LogP contribution in [0.4, 0.5) is 0 Å². The van der Waals surface area contributed by atoms with Crippen LogP contribution in [0.2, 0.25) is 0 Å². The minimum absolute atomic E-state index is 0.0145. The van der Waals surface area contributed by atoms with Crippen molar-refractivity contribution in [3.8, 4) is 11.8 Å². The molecule has 0 radical (unpaired) electrons. The minimum Gasteiger partial charge on any atom is -0.508 e. The summed E-state index contributed by atoms with van der Waals surface area (Å²) in [5, 5.41) is 22.3. The molecule has 8 heteroatoms. The van der Waals surface area contributed by atoms with Gasteiger partial charge in [-0.05, 0) is 123 Å². The number of aromatic hydroxyl groups is 1. The molecular weight excluding hydrogens is 665 g/mol. The van der Waals surface area contributed by atoms with E-state index in [0.29, 0.717) is 31.0 Å². The molecule has 2 aromatic carbocycles. The third-order valence-corrected chi connectivity index (χ3v) is 10.8. The Balaban J connectivity index is 1.37. The van der Waals surface area contributed by atoms with Crippen molar-refractivity contribution in [3.63, 3.8) is 0 Å². The molecule has 44 heavy (non-hydrogen) atoms. The maximum Gasteiger partial charge on any atom is 0.317 e. The number of aliphatic hydroxyl groups excluding tert-OH is 1. The number of fused-ring (bicyclic) bond motifs is 2. The van der Waals surface area contributed by atoms with Crippen molar-refractivity contribution in [2.45, 2.75) is 71.1 Å². The normalized spacial score (nSPS) is 24.2. The molecule has 0 amide bonds. The van der Waals surface area contributed by atoms with Gasteiger partial charge in [0, 0.05) is 50.5 Å². The topological polar surface area (TPSA) is 95.8 Å². The predicted octanol–water partition coefficient (Wildman–Crippen LogP) is 6.99. The highest BCUT2D eigenvalue weighted by atomic mass is 127. The summed E-state index contributed by atoms with van der Waals surface area (Å²) in [5.74, 6) is 0.399. The highest BCUT2D eigenvalue weighted by Gasteiger charge is 2.45.